The molecule has 0 spiro atoms. The fourth-order valence-electron chi connectivity index (χ4n) is 7.64. The number of fused-ring (bicyclic) bond motifs is 5. The lowest BCUT2D eigenvalue weighted by molar-refractivity contribution is 0.960. The highest BCUT2D eigenvalue weighted by Crippen LogP contribution is 2.36. The Morgan fingerprint density at radius 1 is 0.360 bits per heavy atom. The maximum atomic E-state index is 4.92. The van der Waals surface area contributed by atoms with Crippen molar-refractivity contribution in [2.45, 2.75) is 0 Å². The van der Waals surface area contributed by atoms with Crippen LogP contribution in [0.15, 0.2) is 158 Å². The molecule has 236 valence electrons. The van der Waals surface area contributed by atoms with E-state index in [1.54, 1.807) is 0 Å². The Labute approximate surface area is 289 Å². The molecule has 0 fully saturated rings. The van der Waals surface area contributed by atoms with Crippen LogP contribution in [0.2, 0.25) is 0 Å². The van der Waals surface area contributed by atoms with Crippen LogP contribution in [0.5, 0.6) is 0 Å². The third-order valence-electron chi connectivity index (χ3n) is 10.3. The number of aromatic nitrogens is 4. The van der Waals surface area contributed by atoms with E-state index in [1.165, 1.54) is 54.6 Å². The maximum Gasteiger partial charge on any atom is 0.140 e. The molecule has 0 saturated carbocycles. The molecule has 4 nitrogen and oxygen atoms in total. The number of nitrogens with zero attached hydrogens (tertiary/aromatic N) is 4. The molecular formula is C46H32N4. The Balaban J connectivity index is 0.971. The van der Waals surface area contributed by atoms with Crippen molar-refractivity contribution in [1.82, 2.24) is 19.1 Å². The Morgan fingerprint density at radius 3 is 1.36 bits per heavy atom. The van der Waals surface area contributed by atoms with E-state index in [0.29, 0.717) is 0 Å². The first-order chi connectivity index (χ1) is 24.6. The van der Waals surface area contributed by atoms with Crippen molar-refractivity contribution in [2.24, 2.45) is 14.1 Å². The van der Waals surface area contributed by atoms with Crippen LogP contribution in [-0.4, -0.2) is 19.1 Å². The predicted molar refractivity (Wildman–Crippen MR) is 209 cm³/mol. The van der Waals surface area contributed by atoms with Gasteiger partial charge in [0.05, 0.1) is 22.1 Å². The summed E-state index contributed by atoms with van der Waals surface area (Å²) >= 11 is 0. The summed E-state index contributed by atoms with van der Waals surface area (Å²) in [7, 11) is 4.18. The number of benzene rings is 8. The average molecular weight is 641 g/mol. The summed E-state index contributed by atoms with van der Waals surface area (Å²) in [6, 6.07) is 56.9. The number of hydrogen-bond donors (Lipinski definition) is 0. The minimum absolute atomic E-state index is 0.983. The van der Waals surface area contributed by atoms with Gasteiger partial charge in [0.1, 0.15) is 11.6 Å². The van der Waals surface area contributed by atoms with Crippen LogP contribution in [0.4, 0.5) is 0 Å². The van der Waals surface area contributed by atoms with Gasteiger partial charge in [0.15, 0.2) is 0 Å². The van der Waals surface area contributed by atoms with Crippen molar-refractivity contribution in [3.8, 4) is 45.0 Å². The molecule has 4 heteroatoms. The molecule has 50 heavy (non-hydrogen) atoms. The molecule has 2 aromatic heterocycles. The molecule has 0 saturated heterocycles. The summed E-state index contributed by atoms with van der Waals surface area (Å²) in [5.74, 6) is 1.97. The number of hydrogen-bond acceptors (Lipinski definition) is 2. The lowest BCUT2D eigenvalue weighted by Crippen LogP contribution is -1.92. The predicted octanol–water partition coefficient (Wildman–Crippen LogP) is 11.6. The van der Waals surface area contributed by atoms with Gasteiger partial charge in [-0.15, -0.1) is 0 Å². The lowest BCUT2D eigenvalue weighted by atomic mass is 9.93. The highest BCUT2D eigenvalue weighted by atomic mass is 15.1. The molecule has 0 amide bonds. The summed E-state index contributed by atoms with van der Waals surface area (Å²) in [4.78, 5) is 9.83. The summed E-state index contributed by atoms with van der Waals surface area (Å²) in [5, 5.41) is 7.33. The molecular weight excluding hydrogens is 609 g/mol. The fraction of sp³-hybridized carbons (Fsp3) is 0.0435. The molecule has 0 aliphatic heterocycles. The summed E-state index contributed by atoms with van der Waals surface area (Å²) in [6.45, 7) is 0. The molecule has 10 aromatic rings. The van der Waals surface area contributed by atoms with E-state index in [0.717, 1.165) is 44.8 Å². The van der Waals surface area contributed by atoms with Gasteiger partial charge in [-0.3, -0.25) is 0 Å². The second kappa shape index (κ2) is 11.0. The van der Waals surface area contributed by atoms with Crippen LogP contribution in [0, 0.1) is 0 Å². The molecule has 2 heterocycles. The van der Waals surface area contributed by atoms with E-state index < -0.39 is 0 Å². The Morgan fingerprint density at radius 2 is 0.800 bits per heavy atom. The van der Waals surface area contributed by atoms with E-state index in [9.17, 15) is 0 Å². The first kappa shape index (κ1) is 28.5. The zero-order chi connectivity index (χ0) is 33.3. The van der Waals surface area contributed by atoms with Crippen molar-refractivity contribution < 1.29 is 0 Å². The van der Waals surface area contributed by atoms with Gasteiger partial charge >= 0.3 is 0 Å². The minimum atomic E-state index is 0.983. The molecule has 0 radical (unpaired) electrons. The van der Waals surface area contributed by atoms with Crippen LogP contribution in [0.25, 0.3) is 99.4 Å². The molecule has 0 N–H and O–H groups in total. The molecule has 0 atom stereocenters. The lowest BCUT2D eigenvalue weighted by Gasteiger charge is -2.12. The first-order valence-corrected chi connectivity index (χ1v) is 17.0. The number of rotatable bonds is 4. The van der Waals surface area contributed by atoms with Gasteiger partial charge < -0.3 is 9.13 Å². The van der Waals surface area contributed by atoms with Crippen LogP contribution < -0.4 is 0 Å². The second-order valence-electron chi connectivity index (χ2n) is 13.3. The summed E-state index contributed by atoms with van der Waals surface area (Å²) in [6.07, 6.45) is 0. The van der Waals surface area contributed by atoms with Gasteiger partial charge in [-0.25, -0.2) is 9.97 Å². The van der Waals surface area contributed by atoms with Gasteiger partial charge in [0.2, 0.25) is 0 Å². The zero-order valence-electron chi connectivity index (χ0n) is 27.8. The van der Waals surface area contributed by atoms with E-state index in [-0.39, 0.29) is 0 Å². The normalized spacial score (nSPS) is 11.8. The second-order valence-corrected chi connectivity index (χ2v) is 13.3. The third-order valence-corrected chi connectivity index (χ3v) is 10.3. The van der Waals surface area contributed by atoms with Crippen LogP contribution in [0.3, 0.4) is 0 Å². The van der Waals surface area contributed by atoms with Crippen molar-refractivity contribution in [1.29, 1.82) is 0 Å². The van der Waals surface area contributed by atoms with E-state index in [1.807, 2.05) is 12.1 Å². The quantitative estimate of drug-likeness (QED) is 0.192. The summed E-state index contributed by atoms with van der Waals surface area (Å²) < 4.78 is 4.35. The molecule has 0 aliphatic rings. The Bertz CT molecular complexity index is 2960. The molecule has 10 rings (SSSR count). The van der Waals surface area contributed by atoms with Gasteiger partial charge in [-0.05, 0) is 109 Å². The SMILES string of the molecule is Cn1c(-c2ccc3cc(-c4ccc5c(-c6ccc7cc(-c8nc9ccccc9n8C)ccc7c6)cccc5c4)ccc3c2)nc2ccccc21. The smallest absolute Gasteiger partial charge is 0.140 e. The van der Waals surface area contributed by atoms with Crippen LogP contribution in [-0.2, 0) is 14.1 Å². The Kier molecular flexibility index (Phi) is 6.27. The molecule has 0 aliphatic carbocycles. The van der Waals surface area contributed by atoms with Gasteiger partial charge in [-0.2, -0.15) is 0 Å². The highest BCUT2D eigenvalue weighted by Gasteiger charge is 2.13. The van der Waals surface area contributed by atoms with Crippen LogP contribution >= 0.6 is 0 Å². The number of aryl methyl sites for hydroxylation is 2. The maximum absolute atomic E-state index is 4.92. The molecule has 0 unspecified atom stereocenters. The van der Waals surface area contributed by atoms with Crippen molar-refractivity contribution in [2.75, 3.05) is 0 Å². The fourth-order valence-corrected chi connectivity index (χ4v) is 7.64. The first-order valence-electron chi connectivity index (χ1n) is 17.0. The minimum Gasteiger partial charge on any atom is -0.327 e. The van der Waals surface area contributed by atoms with E-state index >= 15 is 0 Å². The largest absolute Gasteiger partial charge is 0.327 e. The van der Waals surface area contributed by atoms with Crippen LogP contribution in [0.1, 0.15) is 0 Å². The van der Waals surface area contributed by atoms with Gasteiger partial charge in [0, 0.05) is 25.2 Å². The average Bonchev–Trinajstić information content (AvgIpc) is 3.69. The number of para-hydroxylation sites is 4. The number of imidazole rings is 2. The Hall–Kier alpha value is -6.52. The standard InChI is InChI=1S/C46H32N4/c1-49-43-12-5-3-10-41(43)47-45(49)37-20-17-30-24-29(14-15-32(30)27-37)34-22-23-40-35(25-34)8-7-9-39(40)36-19-16-33-28-38(21-18-31(33)26-36)46-48-42-11-4-6-13-44(42)50(46)2/h3-28H,1-2H3. The summed E-state index contributed by atoms with van der Waals surface area (Å²) in [5.41, 5.74) is 11.4. The zero-order valence-corrected chi connectivity index (χ0v) is 27.8. The van der Waals surface area contributed by atoms with Gasteiger partial charge in [0.25, 0.3) is 0 Å². The highest BCUT2D eigenvalue weighted by molar-refractivity contribution is 6.01. The topological polar surface area (TPSA) is 35.6 Å². The monoisotopic (exact) mass is 640 g/mol. The van der Waals surface area contributed by atoms with E-state index in [2.05, 4.69) is 169 Å². The van der Waals surface area contributed by atoms with Crippen molar-refractivity contribution in [3.05, 3.63) is 158 Å². The van der Waals surface area contributed by atoms with Crippen molar-refractivity contribution >= 4 is 54.4 Å². The third kappa shape index (κ3) is 4.53. The van der Waals surface area contributed by atoms with Gasteiger partial charge in [-0.1, -0.05) is 103 Å². The van der Waals surface area contributed by atoms with E-state index in [4.69, 9.17) is 9.97 Å². The molecule has 0 bridgehead atoms. The van der Waals surface area contributed by atoms with Crippen molar-refractivity contribution in [3.63, 3.8) is 0 Å². The molecule has 8 aromatic carbocycles.